The number of benzene rings is 2. The Morgan fingerprint density at radius 2 is 1.84 bits per heavy atom. The smallest absolute Gasteiger partial charge is 0.341 e. The van der Waals surface area contributed by atoms with Gasteiger partial charge in [0, 0.05) is 22.9 Å². The van der Waals surface area contributed by atoms with E-state index in [2.05, 4.69) is 0 Å². The zero-order valence-corrected chi connectivity index (χ0v) is 9.72. The molecule has 0 fully saturated rings. The van der Waals surface area contributed by atoms with E-state index in [-0.39, 0.29) is 5.82 Å². The summed E-state index contributed by atoms with van der Waals surface area (Å²) in [7, 11) is 0. The largest absolute Gasteiger partial charge is 0.482 e. The van der Waals surface area contributed by atoms with E-state index in [0.29, 0.717) is 16.9 Å². The molecule has 0 aliphatic heterocycles. The van der Waals surface area contributed by atoms with Gasteiger partial charge >= 0.3 is 5.97 Å². The van der Waals surface area contributed by atoms with Crippen molar-refractivity contribution in [3.8, 4) is 5.75 Å². The number of ether oxygens (including phenoxy) is 1. The SMILES string of the molecule is O=C(O)COc1ccc2c(c1)oc1cc(F)ccc12. The normalized spacial score (nSPS) is 11.0. The number of carboxylic acid groups (broad SMARTS) is 1. The molecule has 0 saturated heterocycles. The molecule has 0 spiro atoms. The van der Waals surface area contributed by atoms with Crippen LogP contribution in [0.5, 0.6) is 5.75 Å². The van der Waals surface area contributed by atoms with E-state index in [4.69, 9.17) is 14.3 Å². The van der Waals surface area contributed by atoms with Crippen LogP contribution in [0.2, 0.25) is 0 Å². The summed E-state index contributed by atoms with van der Waals surface area (Å²) >= 11 is 0. The lowest BCUT2D eigenvalue weighted by atomic mass is 10.1. The highest BCUT2D eigenvalue weighted by molar-refractivity contribution is 6.05. The summed E-state index contributed by atoms with van der Waals surface area (Å²) in [5.41, 5.74) is 0.980. The van der Waals surface area contributed by atoms with Gasteiger partial charge in [-0.3, -0.25) is 0 Å². The number of carbonyl (C=O) groups is 1. The molecular weight excluding hydrogens is 251 g/mol. The molecule has 5 heteroatoms. The van der Waals surface area contributed by atoms with Crippen LogP contribution in [-0.2, 0) is 4.79 Å². The second-order valence-electron chi connectivity index (χ2n) is 4.08. The molecule has 1 heterocycles. The number of halogens is 1. The maximum Gasteiger partial charge on any atom is 0.341 e. The van der Waals surface area contributed by atoms with E-state index in [1.165, 1.54) is 12.1 Å². The fourth-order valence-electron chi connectivity index (χ4n) is 1.97. The van der Waals surface area contributed by atoms with Gasteiger partial charge in [-0.2, -0.15) is 0 Å². The van der Waals surface area contributed by atoms with Crippen LogP contribution in [0, 0.1) is 5.82 Å². The Balaban J connectivity index is 2.08. The molecule has 0 atom stereocenters. The summed E-state index contributed by atoms with van der Waals surface area (Å²) in [6.45, 7) is -0.416. The standard InChI is InChI=1S/C14H9FO4/c15-8-1-3-10-11-4-2-9(18-7-14(16)17)6-13(11)19-12(10)5-8/h1-6H,7H2,(H,16,17). The van der Waals surface area contributed by atoms with Crippen LogP contribution < -0.4 is 4.74 Å². The lowest BCUT2D eigenvalue weighted by molar-refractivity contribution is -0.139. The first kappa shape index (κ1) is 11.5. The van der Waals surface area contributed by atoms with Crippen molar-refractivity contribution in [1.82, 2.24) is 0 Å². The van der Waals surface area contributed by atoms with Crippen molar-refractivity contribution in [2.45, 2.75) is 0 Å². The lowest BCUT2D eigenvalue weighted by Gasteiger charge is -2.01. The molecule has 2 aromatic carbocycles. The van der Waals surface area contributed by atoms with Crippen molar-refractivity contribution in [2.24, 2.45) is 0 Å². The minimum atomic E-state index is -1.05. The average molecular weight is 260 g/mol. The number of aliphatic carboxylic acids is 1. The number of carboxylic acids is 1. The Morgan fingerprint density at radius 1 is 1.16 bits per heavy atom. The van der Waals surface area contributed by atoms with Crippen molar-refractivity contribution in [3.63, 3.8) is 0 Å². The first-order valence-electron chi connectivity index (χ1n) is 5.60. The molecule has 0 amide bonds. The third kappa shape index (κ3) is 2.10. The molecule has 4 nitrogen and oxygen atoms in total. The van der Waals surface area contributed by atoms with Crippen molar-refractivity contribution in [1.29, 1.82) is 0 Å². The number of fused-ring (bicyclic) bond motifs is 3. The van der Waals surface area contributed by atoms with Crippen molar-refractivity contribution in [3.05, 3.63) is 42.2 Å². The quantitative estimate of drug-likeness (QED) is 0.785. The van der Waals surface area contributed by atoms with Gasteiger partial charge in [-0.1, -0.05) is 0 Å². The molecule has 0 bridgehead atoms. The van der Waals surface area contributed by atoms with Crippen LogP contribution in [0.25, 0.3) is 21.9 Å². The zero-order chi connectivity index (χ0) is 13.4. The van der Waals surface area contributed by atoms with E-state index in [0.717, 1.165) is 10.8 Å². The highest BCUT2D eigenvalue weighted by Gasteiger charge is 2.09. The third-order valence-corrected chi connectivity index (χ3v) is 2.77. The second-order valence-corrected chi connectivity index (χ2v) is 4.08. The Labute approximate surface area is 107 Å². The van der Waals surface area contributed by atoms with Crippen LogP contribution in [0.4, 0.5) is 4.39 Å². The van der Waals surface area contributed by atoms with E-state index in [1.54, 1.807) is 24.3 Å². The molecule has 0 unspecified atom stereocenters. The van der Waals surface area contributed by atoms with Gasteiger partial charge in [0.2, 0.25) is 0 Å². The molecule has 0 aliphatic rings. The summed E-state index contributed by atoms with van der Waals surface area (Å²) in [6.07, 6.45) is 0. The number of furan rings is 1. The van der Waals surface area contributed by atoms with Crippen LogP contribution in [0.1, 0.15) is 0 Å². The highest BCUT2D eigenvalue weighted by Crippen LogP contribution is 2.31. The molecule has 0 radical (unpaired) electrons. The van der Waals surface area contributed by atoms with Gasteiger partial charge in [-0.25, -0.2) is 9.18 Å². The molecular formula is C14H9FO4. The van der Waals surface area contributed by atoms with Crippen LogP contribution >= 0.6 is 0 Å². The Kier molecular flexibility index (Phi) is 2.59. The van der Waals surface area contributed by atoms with Crippen LogP contribution in [-0.4, -0.2) is 17.7 Å². The van der Waals surface area contributed by atoms with E-state index < -0.39 is 12.6 Å². The Bertz CT molecular complexity index is 776. The van der Waals surface area contributed by atoms with Gasteiger partial charge in [0.25, 0.3) is 0 Å². The fourth-order valence-corrected chi connectivity index (χ4v) is 1.97. The predicted octanol–water partition coefficient (Wildman–Crippen LogP) is 3.19. The van der Waals surface area contributed by atoms with Crippen LogP contribution in [0.15, 0.2) is 40.8 Å². The number of rotatable bonds is 3. The summed E-state index contributed by atoms with van der Waals surface area (Å²) in [4.78, 5) is 10.4. The van der Waals surface area contributed by atoms with Gasteiger partial charge < -0.3 is 14.3 Å². The molecule has 1 aromatic heterocycles. The summed E-state index contributed by atoms with van der Waals surface area (Å²) in [6, 6.07) is 9.34. The maximum atomic E-state index is 13.1. The Hall–Kier alpha value is -2.56. The molecule has 0 aliphatic carbocycles. The van der Waals surface area contributed by atoms with E-state index in [1.807, 2.05) is 0 Å². The van der Waals surface area contributed by atoms with E-state index in [9.17, 15) is 9.18 Å². The van der Waals surface area contributed by atoms with E-state index >= 15 is 0 Å². The minimum Gasteiger partial charge on any atom is -0.482 e. The predicted molar refractivity (Wildman–Crippen MR) is 66.8 cm³/mol. The number of hydrogen-bond acceptors (Lipinski definition) is 3. The number of hydrogen-bond donors (Lipinski definition) is 1. The zero-order valence-electron chi connectivity index (χ0n) is 9.72. The van der Waals surface area contributed by atoms with Gasteiger partial charge in [0.15, 0.2) is 6.61 Å². The minimum absolute atomic E-state index is 0.367. The average Bonchev–Trinajstić information content (AvgIpc) is 2.72. The van der Waals surface area contributed by atoms with Crippen molar-refractivity contribution in [2.75, 3.05) is 6.61 Å². The second kappa shape index (κ2) is 4.28. The summed E-state index contributed by atoms with van der Waals surface area (Å²) < 4.78 is 23.7. The van der Waals surface area contributed by atoms with Gasteiger partial charge in [0.1, 0.15) is 22.7 Å². The monoisotopic (exact) mass is 260 g/mol. The topological polar surface area (TPSA) is 59.7 Å². The lowest BCUT2D eigenvalue weighted by Crippen LogP contribution is -2.09. The third-order valence-electron chi connectivity index (χ3n) is 2.77. The molecule has 3 aromatic rings. The Morgan fingerprint density at radius 3 is 2.58 bits per heavy atom. The first-order chi connectivity index (χ1) is 9.13. The van der Waals surface area contributed by atoms with Crippen molar-refractivity contribution >= 4 is 27.9 Å². The molecule has 0 saturated carbocycles. The molecule has 3 rings (SSSR count). The fraction of sp³-hybridized carbons (Fsp3) is 0.0714. The van der Waals surface area contributed by atoms with Gasteiger partial charge in [-0.05, 0) is 24.3 Å². The maximum absolute atomic E-state index is 13.1. The highest BCUT2D eigenvalue weighted by atomic mass is 19.1. The first-order valence-corrected chi connectivity index (χ1v) is 5.60. The summed E-state index contributed by atoms with van der Waals surface area (Å²) in [5, 5.41) is 10.2. The molecule has 1 N–H and O–H groups in total. The molecule has 19 heavy (non-hydrogen) atoms. The molecule has 96 valence electrons. The van der Waals surface area contributed by atoms with Gasteiger partial charge in [0.05, 0.1) is 0 Å². The van der Waals surface area contributed by atoms with Gasteiger partial charge in [-0.15, -0.1) is 0 Å². The van der Waals surface area contributed by atoms with Crippen LogP contribution in [0.3, 0.4) is 0 Å². The summed E-state index contributed by atoms with van der Waals surface area (Å²) in [5.74, 6) is -1.02. The van der Waals surface area contributed by atoms with Crippen molar-refractivity contribution < 1.29 is 23.4 Å².